The molecule has 3 heterocycles. The summed E-state index contributed by atoms with van der Waals surface area (Å²) in [7, 11) is 0. The van der Waals surface area contributed by atoms with Crippen LogP contribution in [0, 0.1) is 0 Å². The van der Waals surface area contributed by atoms with Gasteiger partial charge in [0.15, 0.2) is 0 Å². The Balaban J connectivity index is 1.40. The monoisotopic (exact) mass is 369 g/mol. The van der Waals surface area contributed by atoms with Crippen LogP contribution in [0.4, 0.5) is 11.4 Å². The number of amides is 2. The molecule has 2 aromatic rings. The molecule has 1 aromatic carbocycles. The molecule has 5 nitrogen and oxygen atoms in total. The predicted molar refractivity (Wildman–Crippen MR) is 105 cm³/mol. The zero-order valence-electron chi connectivity index (χ0n) is 14.9. The molecule has 0 saturated carbocycles. The van der Waals surface area contributed by atoms with E-state index in [0.717, 1.165) is 49.3 Å². The van der Waals surface area contributed by atoms with Crippen LogP contribution in [0.1, 0.15) is 36.2 Å². The van der Waals surface area contributed by atoms with Crippen LogP contribution in [0.5, 0.6) is 0 Å². The van der Waals surface area contributed by atoms with Gasteiger partial charge in [-0.3, -0.25) is 14.5 Å². The summed E-state index contributed by atoms with van der Waals surface area (Å²) in [4.78, 5) is 29.6. The van der Waals surface area contributed by atoms with Crippen molar-refractivity contribution in [2.45, 2.75) is 32.2 Å². The van der Waals surface area contributed by atoms with E-state index in [2.05, 4.69) is 27.7 Å². The van der Waals surface area contributed by atoms with Crippen LogP contribution in [-0.4, -0.2) is 36.3 Å². The summed E-state index contributed by atoms with van der Waals surface area (Å²) < 4.78 is 0. The van der Waals surface area contributed by atoms with E-state index in [0.29, 0.717) is 12.6 Å². The molecule has 4 rings (SSSR count). The highest BCUT2D eigenvalue weighted by Crippen LogP contribution is 2.34. The fourth-order valence-corrected chi connectivity index (χ4v) is 4.91. The third-order valence-electron chi connectivity index (χ3n) is 5.22. The summed E-state index contributed by atoms with van der Waals surface area (Å²) >= 11 is 1.77. The molecule has 0 unspecified atom stereocenters. The number of hydrogen-bond acceptors (Lipinski definition) is 4. The molecule has 0 radical (unpaired) electrons. The second-order valence-corrected chi connectivity index (χ2v) is 7.94. The van der Waals surface area contributed by atoms with Gasteiger partial charge in [-0.05, 0) is 61.0 Å². The van der Waals surface area contributed by atoms with Crippen molar-refractivity contribution in [1.29, 1.82) is 0 Å². The maximum atomic E-state index is 12.5. The fourth-order valence-electron chi connectivity index (χ4n) is 4.01. The first-order valence-electron chi connectivity index (χ1n) is 9.10. The van der Waals surface area contributed by atoms with Crippen molar-refractivity contribution in [1.82, 2.24) is 4.90 Å². The molecule has 6 heteroatoms. The minimum Gasteiger partial charge on any atom is -0.325 e. The van der Waals surface area contributed by atoms with E-state index in [1.165, 1.54) is 4.88 Å². The summed E-state index contributed by atoms with van der Waals surface area (Å²) in [5.41, 5.74) is 2.90. The van der Waals surface area contributed by atoms with E-state index >= 15 is 0 Å². The molecular weight excluding hydrogens is 346 g/mol. The van der Waals surface area contributed by atoms with Crippen LogP contribution in [0.2, 0.25) is 0 Å². The molecule has 2 amide bonds. The van der Waals surface area contributed by atoms with Crippen molar-refractivity contribution >= 4 is 34.5 Å². The minimum atomic E-state index is 0.0230. The summed E-state index contributed by atoms with van der Waals surface area (Å²) in [5.74, 6) is 0.0871. The number of fused-ring (bicyclic) bond motifs is 1. The Kier molecular flexibility index (Phi) is 4.78. The summed E-state index contributed by atoms with van der Waals surface area (Å²) in [6.45, 7) is 3.69. The van der Waals surface area contributed by atoms with Crippen molar-refractivity contribution in [3.05, 3.63) is 46.2 Å². The highest BCUT2D eigenvalue weighted by atomic mass is 32.1. The predicted octanol–water partition coefficient (Wildman–Crippen LogP) is 3.43. The topological polar surface area (TPSA) is 52.7 Å². The molecule has 1 fully saturated rings. The molecule has 0 spiro atoms. The third-order valence-corrected chi connectivity index (χ3v) is 6.19. The number of thiophene rings is 1. The molecule has 0 bridgehead atoms. The van der Waals surface area contributed by atoms with Crippen LogP contribution < -0.4 is 10.2 Å². The number of anilines is 2. The number of hydrogen-bond donors (Lipinski definition) is 1. The van der Waals surface area contributed by atoms with E-state index < -0.39 is 0 Å². The SMILES string of the molecule is CC(=O)N1CCc2cc(NC(=O)CN3CCC[C@H]3c3cccs3)ccc21. The average molecular weight is 369 g/mol. The zero-order chi connectivity index (χ0) is 18.1. The van der Waals surface area contributed by atoms with Gasteiger partial charge in [0.05, 0.1) is 6.54 Å². The van der Waals surface area contributed by atoms with E-state index in [9.17, 15) is 9.59 Å². The lowest BCUT2D eigenvalue weighted by atomic mass is 10.1. The molecule has 2 aliphatic rings. The van der Waals surface area contributed by atoms with Gasteiger partial charge in [0.2, 0.25) is 11.8 Å². The molecule has 26 heavy (non-hydrogen) atoms. The van der Waals surface area contributed by atoms with Gasteiger partial charge in [0, 0.05) is 35.8 Å². The van der Waals surface area contributed by atoms with Crippen LogP contribution in [0.15, 0.2) is 35.7 Å². The van der Waals surface area contributed by atoms with Crippen molar-refractivity contribution in [2.75, 3.05) is 29.9 Å². The normalized spacial score (nSPS) is 19.6. The molecular formula is C20H23N3O2S. The smallest absolute Gasteiger partial charge is 0.238 e. The summed E-state index contributed by atoms with van der Waals surface area (Å²) in [5, 5.41) is 5.13. The van der Waals surface area contributed by atoms with Gasteiger partial charge in [-0.1, -0.05) is 6.07 Å². The number of nitrogens with one attached hydrogen (secondary N) is 1. The number of nitrogens with zero attached hydrogens (tertiary/aromatic N) is 2. The van der Waals surface area contributed by atoms with Crippen molar-refractivity contribution in [3.63, 3.8) is 0 Å². The van der Waals surface area contributed by atoms with Crippen LogP contribution >= 0.6 is 11.3 Å². The number of carbonyl (C=O) groups is 2. The van der Waals surface area contributed by atoms with Crippen molar-refractivity contribution in [2.24, 2.45) is 0 Å². The molecule has 1 atom stereocenters. The van der Waals surface area contributed by atoms with Gasteiger partial charge in [0.1, 0.15) is 0 Å². The highest BCUT2D eigenvalue weighted by molar-refractivity contribution is 7.10. The van der Waals surface area contributed by atoms with E-state index in [1.54, 1.807) is 23.2 Å². The van der Waals surface area contributed by atoms with E-state index in [4.69, 9.17) is 0 Å². The van der Waals surface area contributed by atoms with Gasteiger partial charge in [0.25, 0.3) is 0 Å². The Morgan fingerprint density at radius 1 is 1.27 bits per heavy atom. The van der Waals surface area contributed by atoms with Gasteiger partial charge in [-0.25, -0.2) is 0 Å². The Bertz CT molecular complexity index is 818. The van der Waals surface area contributed by atoms with Gasteiger partial charge >= 0.3 is 0 Å². The first kappa shape index (κ1) is 17.2. The van der Waals surface area contributed by atoms with Gasteiger partial charge in [-0.2, -0.15) is 0 Å². The van der Waals surface area contributed by atoms with E-state index in [1.807, 2.05) is 18.2 Å². The highest BCUT2D eigenvalue weighted by Gasteiger charge is 2.28. The Morgan fingerprint density at radius 2 is 2.15 bits per heavy atom. The van der Waals surface area contributed by atoms with Crippen LogP contribution in [0.25, 0.3) is 0 Å². The number of benzene rings is 1. The lowest BCUT2D eigenvalue weighted by Gasteiger charge is -2.23. The maximum Gasteiger partial charge on any atom is 0.238 e. The lowest BCUT2D eigenvalue weighted by molar-refractivity contribution is -0.118. The molecule has 0 aliphatic carbocycles. The standard InChI is InChI=1S/C20H23N3O2S/c1-14(24)23-10-8-15-12-16(6-7-17(15)23)21-20(25)13-22-9-2-4-18(22)19-5-3-11-26-19/h3,5-7,11-12,18H,2,4,8-10,13H2,1H3,(H,21,25)/t18-/m0/s1. The lowest BCUT2D eigenvalue weighted by Crippen LogP contribution is -2.32. The van der Waals surface area contributed by atoms with Crippen LogP contribution in [-0.2, 0) is 16.0 Å². The Hall–Kier alpha value is -2.18. The second-order valence-electron chi connectivity index (χ2n) is 6.96. The Labute approximate surface area is 157 Å². The molecule has 136 valence electrons. The minimum absolute atomic E-state index is 0.0230. The fraction of sp³-hybridized carbons (Fsp3) is 0.400. The average Bonchev–Trinajstić information content (AvgIpc) is 3.34. The van der Waals surface area contributed by atoms with Crippen LogP contribution in [0.3, 0.4) is 0 Å². The first-order chi connectivity index (χ1) is 12.6. The molecule has 1 N–H and O–H groups in total. The molecule has 1 aromatic heterocycles. The third kappa shape index (κ3) is 3.39. The largest absolute Gasteiger partial charge is 0.325 e. The van der Waals surface area contributed by atoms with Crippen molar-refractivity contribution < 1.29 is 9.59 Å². The first-order valence-corrected chi connectivity index (χ1v) is 9.98. The number of rotatable bonds is 4. The molecule has 1 saturated heterocycles. The quantitative estimate of drug-likeness (QED) is 0.898. The van der Waals surface area contributed by atoms with Gasteiger partial charge in [-0.15, -0.1) is 11.3 Å². The Morgan fingerprint density at radius 3 is 2.92 bits per heavy atom. The van der Waals surface area contributed by atoms with Crippen molar-refractivity contribution in [3.8, 4) is 0 Å². The maximum absolute atomic E-state index is 12.5. The number of carbonyl (C=O) groups excluding carboxylic acids is 2. The second kappa shape index (κ2) is 7.21. The summed E-state index contributed by atoms with van der Waals surface area (Å²) in [6, 6.07) is 10.4. The number of likely N-dealkylation sites (tertiary alicyclic amines) is 1. The van der Waals surface area contributed by atoms with E-state index in [-0.39, 0.29) is 11.8 Å². The zero-order valence-corrected chi connectivity index (χ0v) is 15.7. The van der Waals surface area contributed by atoms with Gasteiger partial charge < -0.3 is 10.2 Å². The molecule has 2 aliphatic heterocycles. The summed E-state index contributed by atoms with van der Waals surface area (Å²) in [6.07, 6.45) is 3.09.